The maximum absolute atomic E-state index is 12.4. The predicted molar refractivity (Wildman–Crippen MR) is 120 cm³/mol. The molecule has 2 N–H and O–H groups in total. The van der Waals surface area contributed by atoms with Gasteiger partial charge in [0, 0.05) is 24.9 Å². The molecule has 1 saturated heterocycles. The van der Waals surface area contributed by atoms with E-state index in [-0.39, 0.29) is 17.4 Å². The van der Waals surface area contributed by atoms with Crippen molar-refractivity contribution in [1.29, 1.82) is 0 Å². The van der Waals surface area contributed by atoms with E-state index in [2.05, 4.69) is 53.1 Å². The molecule has 4 heteroatoms. The highest BCUT2D eigenvalue weighted by molar-refractivity contribution is 5.83. The Morgan fingerprint density at radius 3 is 2.47 bits per heavy atom. The van der Waals surface area contributed by atoms with Gasteiger partial charge in [-0.2, -0.15) is 0 Å². The van der Waals surface area contributed by atoms with Gasteiger partial charge in [-0.15, -0.1) is 0 Å². The smallest absolute Gasteiger partial charge is 0.220 e. The number of benzene rings is 3. The first kappa shape index (κ1) is 20.1. The topological polar surface area (TPSA) is 58.2 Å². The second kappa shape index (κ2) is 9.12. The molecule has 30 heavy (non-hydrogen) atoms. The molecule has 154 valence electrons. The molecule has 0 aliphatic carbocycles. The number of fused-ring (bicyclic) bond motifs is 1. The van der Waals surface area contributed by atoms with Crippen LogP contribution in [0.25, 0.3) is 10.8 Å². The summed E-state index contributed by atoms with van der Waals surface area (Å²) in [5.41, 5.74) is 2.07. The molecule has 1 atom stereocenters. The fraction of sp³-hybridized carbons (Fsp3) is 0.308. The maximum atomic E-state index is 12.4. The SMILES string of the molecule is O=C(CC[C@]1(Cc2ccc3ccccc3c2)CCC(=O)N1)NCCc1ccccc1. The lowest BCUT2D eigenvalue weighted by Gasteiger charge is -2.29. The summed E-state index contributed by atoms with van der Waals surface area (Å²) in [4.78, 5) is 24.4. The Morgan fingerprint density at radius 2 is 1.70 bits per heavy atom. The van der Waals surface area contributed by atoms with Gasteiger partial charge >= 0.3 is 0 Å². The summed E-state index contributed by atoms with van der Waals surface area (Å²) in [6.07, 6.45) is 3.96. The number of nitrogens with one attached hydrogen (secondary N) is 2. The number of hydrogen-bond donors (Lipinski definition) is 2. The Hall–Kier alpha value is -3.14. The normalized spacial score (nSPS) is 18.3. The van der Waals surface area contributed by atoms with Crippen molar-refractivity contribution in [3.8, 4) is 0 Å². The molecular weight excluding hydrogens is 372 g/mol. The van der Waals surface area contributed by atoms with Crippen LogP contribution in [0.15, 0.2) is 72.8 Å². The number of carbonyl (C=O) groups excluding carboxylic acids is 2. The van der Waals surface area contributed by atoms with E-state index >= 15 is 0 Å². The quantitative estimate of drug-likeness (QED) is 0.596. The molecule has 1 fully saturated rings. The van der Waals surface area contributed by atoms with Crippen molar-refractivity contribution < 1.29 is 9.59 Å². The zero-order valence-electron chi connectivity index (χ0n) is 17.2. The molecule has 0 bridgehead atoms. The Labute approximate surface area is 177 Å². The summed E-state index contributed by atoms with van der Waals surface area (Å²) in [6, 6.07) is 24.9. The van der Waals surface area contributed by atoms with Gasteiger partial charge in [-0.25, -0.2) is 0 Å². The van der Waals surface area contributed by atoms with Crippen LogP contribution in [-0.2, 0) is 22.4 Å². The second-order valence-electron chi connectivity index (χ2n) is 8.27. The molecule has 4 rings (SSSR count). The van der Waals surface area contributed by atoms with Crippen molar-refractivity contribution in [1.82, 2.24) is 10.6 Å². The molecule has 2 amide bonds. The van der Waals surface area contributed by atoms with Crippen LogP contribution in [0.5, 0.6) is 0 Å². The van der Waals surface area contributed by atoms with E-state index in [0.29, 0.717) is 25.8 Å². The first-order chi connectivity index (χ1) is 14.6. The number of carbonyl (C=O) groups is 2. The van der Waals surface area contributed by atoms with Crippen molar-refractivity contribution in [2.75, 3.05) is 6.54 Å². The average Bonchev–Trinajstić information content (AvgIpc) is 3.13. The molecule has 3 aromatic carbocycles. The van der Waals surface area contributed by atoms with E-state index in [4.69, 9.17) is 0 Å². The molecule has 0 unspecified atom stereocenters. The molecule has 3 aromatic rings. The fourth-order valence-corrected chi connectivity index (χ4v) is 4.35. The molecular formula is C26H28N2O2. The van der Waals surface area contributed by atoms with Gasteiger partial charge < -0.3 is 10.6 Å². The second-order valence-corrected chi connectivity index (χ2v) is 8.27. The minimum absolute atomic E-state index is 0.0463. The van der Waals surface area contributed by atoms with Gasteiger partial charge in [0.05, 0.1) is 0 Å². The van der Waals surface area contributed by atoms with E-state index in [1.54, 1.807) is 0 Å². The van der Waals surface area contributed by atoms with Crippen molar-refractivity contribution in [3.63, 3.8) is 0 Å². The predicted octanol–water partition coefficient (Wildman–Crippen LogP) is 4.17. The molecule has 1 aliphatic heterocycles. The van der Waals surface area contributed by atoms with Crippen LogP contribution in [-0.4, -0.2) is 23.9 Å². The van der Waals surface area contributed by atoms with Gasteiger partial charge in [0.1, 0.15) is 0 Å². The fourth-order valence-electron chi connectivity index (χ4n) is 4.35. The molecule has 0 radical (unpaired) electrons. The van der Waals surface area contributed by atoms with Crippen LogP contribution in [0, 0.1) is 0 Å². The molecule has 1 heterocycles. The minimum Gasteiger partial charge on any atom is -0.356 e. The summed E-state index contributed by atoms with van der Waals surface area (Å²) in [5.74, 6) is 0.130. The van der Waals surface area contributed by atoms with E-state index < -0.39 is 0 Å². The molecule has 1 aliphatic rings. The van der Waals surface area contributed by atoms with Gasteiger partial charge in [-0.3, -0.25) is 9.59 Å². The first-order valence-electron chi connectivity index (χ1n) is 10.7. The lowest BCUT2D eigenvalue weighted by atomic mass is 9.84. The first-order valence-corrected chi connectivity index (χ1v) is 10.7. The highest BCUT2D eigenvalue weighted by atomic mass is 16.2. The summed E-state index contributed by atoms with van der Waals surface area (Å²) < 4.78 is 0. The van der Waals surface area contributed by atoms with Gasteiger partial charge in [0.15, 0.2) is 0 Å². The van der Waals surface area contributed by atoms with Crippen LogP contribution >= 0.6 is 0 Å². The van der Waals surface area contributed by atoms with Crippen LogP contribution in [0.3, 0.4) is 0 Å². The van der Waals surface area contributed by atoms with Gasteiger partial charge in [-0.1, -0.05) is 72.8 Å². The van der Waals surface area contributed by atoms with Crippen molar-refractivity contribution in [2.45, 2.75) is 44.1 Å². The van der Waals surface area contributed by atoms with E-state index in [1.165, 1.54) is 21.9 Å². The van der Waals surface area contributed by atoms with E-state index in [0.717, 1.165) is 19.3 Å². The Morgan fingerprint density at radius 1 is 0.933 bits per heavy atom. The maximum Gasteiger partial charge on any atom is 0.220 e. The lowest BCUT2D eigenvalue weighted by Crippen LogP contribution is -2.44. The van der Waals surface area contributed by atoms with Gasteiger partial charge in [0.2, 0.25) is 11.8 Å². The third-order valence-corrected chi connectivity index (χ3v) is 6.00. The van der Waals surface area contributed by atoms with Crippen molar-refractivity contribution in [3.05, 3.63) is 83.9 Å². The Balaban J connectivity index is 1.35. The van der Waals surface area contributed by atoms with Crippen LogP contribution < -0.4 is 10.6 Å². The standard InChI is InChI=1S/C26H28N2O2/c29-24(27-17-14-20-6-2-1-3-7-20)12-15-26(16-13-25(30)28-26)19-21-10-11-22-8-4-5-9-23(22)18-21/h1-11,18H,12-17,19H2,(H,27,29)(H,28,30)/t26-/m1/s1. The van der Waals surface area contributed by atoms with Crippen LogP contribution in [0.2, 0.25) is 0 Å². The minimum atomic E-state index is -0.337. The van der Waals surface area contributed by atoms with Gasteiger partial charge in [-0.05, 0) is 47.6 Å². The van der Waals surface area contributed by atoms with Crippen LogP contribution in [0.4, 0.5) is 0 Å². The van der Waals surface area contributed by atoms with E-state index in [9.17, 15) is 9.59 Å². The highest BCUT2D eigenvalue weighted by Gasteiger charge is 2.37. The van der Waals surface area contributed by atoms with Crippen molar-refractivity contribution in [2.24, 2.45) is 0 Å². The lowest BCUT2D eigenvalue weighted by molar-refractivity contribution is -0.122. The summed E-state index contributed by atoms with van der Waals surface area (Å²) in [7, 11) is 0. The number of rotatable bonds is 8. The number of hydrogen-bond acceptors (Lipinski definition) is 2. The zero-order valence-corrected chi connectivity index (χ0v) is 17.2. The number of amides is 2. The monoisotopic (exact) mass is 400 g/mol. The zero-order chi connectivity index (χ0) is 20.8. The average molecular weight is 401 g/mol. The summed E-state index contributed by atoms with van der Waals surface area (Å²) >= 11 is 0. The largest absolute Gasteiger partial charge is 0.356 e. The summed E-state index contributed by atoms with van der Waals surface area (Å²) in [6.45, 7) is 0.632. The molecule has 0 spiro atoms. The molecule has 0 aromatic heterocycles. The van der Waals surface area contributed by atoms with Crippen molar-refractivity contribution >= 4 is 22.6 Å². The Kier molecular flexibility index (Phi) is 6.12. The Bertz CT molecular complexity index is 1030. The van der Waals surface area contributed by atoms with Gasteiger partial charge in [0.25, 0.3) is 0 Å². The van der Waals surface area contributed by atoms with E-state index in [1.807, 2.05) is 30.3 Å². The molecule has 0 saturated carbocycles. The molecule has 4 nitrogen and oxygen atoms in total. The van der Waals surface area contributed by atoms with Crippen LogP contribution in [0.1, 0.15) is 36.8 Å². The summed E-state index contributed by atoms with van der Waals surface area (Å²) in [5, 5.41) is 8.62. The third kappa shape index (κ3) is 5.07. The third-order valence-electron chi connectivity index (χ3n) is 6.00. The highest BCUT2D eigenvalue weighted by Crippen LogP contribution is 2.30.